The Morgan fingerprint density at radius 2 is 1.30 bits per heavy atom. The average Bonchev–Trinajstić information content (AvgIpc) is 3.24. The van der Waals surface area contributed by atoms with Crippen molar-refractivity contribution in [1.82, 2.24) is 47.9 Å². The predicted molar refractivity (Wildman–Crippen MR) is 252 cm³/mol. The van der Waals surface area contributed by atoms with E-state index in [2.05, 4.69) is 52.8 Å². The van der Waals surface area contributed by atoms with Crippen molar-refractivity contribution in [2.45, 2.75) is 166 Å². The number of nitrogens with zero attached hydrogens (tertiary/aromatic N) is 1. The van der Waals surface area contributed by atoms with Gasteiger partial charge in [0.05, 0.1) is 12.5 Å². The second kappa shape index (κ2) is 34.5. The normalized spacial score (nSPS) is 21.3. The number of guanidine groups is 1. The Bertz CT molecular complexity index is 1670. The Kier molecular flexibility index (Phi) is 30.4. The topological polar surface area (TPSA) is 393 Å². The number of primary amides is 1. The number of aliphatic imine (C=N–C) groups is 1. The molecule has 0 aliphatic carbocycles. The number of carbonyl (C=O) groups excluding carboxylic acids is 8. The molecule has 1 aliphatic rings. The van der Waals surface area contributed by atoms with Gasteiger partial charge in [0.1, 0.15) is 30.2 Å². The SMILES string of the molecule is CC(=O)N[C@H]1CCCCNC(=O)CCCCCCC(=O)NCCCC[C@@H](C(=O)N[C@H](C(N)=O)[C@@H](C)O)NC(=O)[C@H](CCCCNC(=S)NCCC(=O)O)NC(=O)[C@H](CCCN=C(N)N)NC1=O. The molecule has 1 heterocycles. The molecule has 6 atom stereocenters. The standard InChI is InChI=1S/C42H75N13O11S/c1-26(56)35(36(43)62)55-40(66)30-16-8-11-22-47-33(59)19-6-4-3-5-18-32(58)46-21-10-7-14-28(51-27(2)57)37(63)54-31(17-13-24-48-41(44)45)39(65)52-29(38(64)53-30)15-9-12-23-49-42(67)50-25-20-34(60)61/h26,28-31,35,56H,3-25H2,1-2H3,(H2,43,62)(H,46,58)(H,47,59)(H,51,57)(H,52,65)(H,53,64)(H,54,63)(H,55,66)(H,60,61)(H4,44,45,48)(H2,49,50,67)/t26-,28+,29+,30+,31+,35+/m1/s1. The minimum absolute atomic E-state index is 0.00677. The lowest BCUT2D eigenvalue weighted by Crippen LogP contribution is -2.59. The lowest BCUT2D eigenvalue weighted by molar-refractivity contribution is -0.137. The fourth-order valence-corrected chi connectivity index (χ4v) is 7.05. The summed E-state index contributed by atoms with van der Waals surface area (Å²) < 4.78 is 0. The maximum absolute atomic E-state index is 14.2. The van der Waals surface area contributed by atoms with Crippen LogP contribution in [0, 0.1) is 0 Å². The van der Waals surface area contributed by atoms with Gasteiger partial charge in [-0.05, 0) is 103 Å². The van der Waals surface area contributed by atoms with Gasteiger partial charge in [0.15, 0.2) is 11.1 Å². The first-order valence-corrected chi connectivity index (χ1v) is 23.5. The van der Waals surface area contributed by atoms with Crippen LogP contribution in [0.5, 0.6) is 0 Å². The van der Waals surface area contributed by atoms with Crippen molar-refractivity contribution in [3.05, 3.63) is 0 Å². The van der Waals surface area contributed by atoms with E-state index in [1.807, 2.05) is 0 Å². The lowest BCUT2D eigenvalue weighted by atomic mass is 10.0. The summed E-state index contributed by atoms with van der Waals surface area (Å²) in [6.45, 7) is 3.60. The van der Waals surface area contributed by atoms with E-state index >= 15 is 0 Å². The Labute approximate surface area is 397 Å². The van der Waals surface area contributed by atoms with Crippen molar-refractivity contribution in [1.29, 1.82) is 0 Å². The van der Waals surface area contributed by atoms with Crippen molar-refractivity contribution < 1.29 is 53.4 Å². The molecule has 17 N–H and O–H groups in total. The first-order valence-electron chi connectivity index (χ1n) is 23.1. The fraction of sp³-hybridized carbons (Fsp3) is 0.738. The summed E-state index contributed by atoms with van der Waals surface area (Å²) in [7, 11) is 0. The summed E-state index contributed by atoms with van der Waals surface area (Å²) in [4.78, 5) is 120. The number of nitrogens with two attached hydrogens (primary N) is 3. The second-order valence-electron chi connectivity index (χ2n) is 16.4. The average molecular weight is 970 g/mol. The maximum Gasteiger partial charge on any atom is 0.305 e. The molecule has 8 amide bonds. The molecule has 380 valence electrons. The third-order valence-electron chi connectivity index (χ3n) is 10.5. The molecule has 0 aromatic heterocycles. The van der Waals surface area contributed by atoms with E-state index in [9.17, 15) is 48.3 Å². The van der Waals surface area contributed by atoms with Crippen molar-refractivity contribution in [3.63, 3.8) is 0 Å². The molecule has 0 unspecified atom stereocenters. The number of amides is 8. The van der Waals surface area contributed by atoms with E-state index < -0.39 is 77.7 Å². The molecule has 0 spiro atoms. The van der Waals surface area contributed by atoms with Crippen LogP contribution in [0.4, 0.5) is 0 Å². The zero-order valence-electron chi connectivity index (χ0n) is 38.9. The minimum Gasteiger partial charge on any atom is -0.481 e. The highest BCUT2D eigenvalue weighted by molar-refractivity contribution is 7.80. The maximum atomic E-state index is 14.2. The molecule has 0 bridgehead atoms. The molecule has 0 aromatic rings. The molecule has 1 saturated heterocycles. The number of hydrogen-bond acceptors (Lipinski definition) is 12. The number of carbonyl (C=O) groups is 9. The fourth-order valence-electron chi connectivity index (χ4n) is 6.85. The summed E-state index contributed by atoms with van der Waals surface area (Å²) in [5.74, 6) is -6.08. The van der Waals surface area contributed by atoms with Crippen LogP contribution in [-0.4, -0.2) is 144 Å². The van der Waals surface area contributed by atoms with Crippen molar-refractivity contribution in [2.75, 3.05) is 32.7 Å². The number of rotatable bonds is 17. The van der Waals surface area contributed by atoms with Gasteiger partial charge in [-0.15, -0.1) is 0 Å². The number of nitrogens with one attached hydrogen (secondary N) is 9. The van der Waals surface area contributed by atoms with Crippen molar-refractivity contribution >= 4 is 76.5 Å². The van der Waals surface area contributed by atoms with E-state index in [1.54, 1.807) is 0 Å². The van der Waals surface area contributed by atoms with Gasteiger partial charge in [-0.3, -0.25) is 48.1 Å². The number of hydrogen-bond donors (Lipinski definition) is 14. The first-order chi connectivity index (χ1) is 31.8. The lowest BCUT2D eigenvalue weighted by Gasteiger charge is -2.27. The van der Waals surface area contributed by atoms with Crippen LogP contribution < -0.4 is 65.1 Å². The third-order valence-corrected chi connectivity index (χ3v) is 10.8. The Morgan fingerprint density at radius 3 is 1.85 bits per heavy atom. The highest BCUT2D eigenvalue weighted by atomic mass is 32.1. The van der Waals surface area contributed by atoms with Gasteiger partial charge in [-0.2, -0.15) is 0 Å². The zero-order valence-corrected chi connectivity index (χ0v) is 39.7. The largest absolute Gasteiger partial charge is 0.481 e. The van der Waals surface area contributed by atoms with Gasteiger partial charge < -0.3 is 75.3 Å². The van der Waals surface area contributed by atoms with Crippen LogP contribution in [-0.2, 0) is 43.2 Å². The van der Waals surface area contributed by atoms with Crippen LogP contribution in [0.3, 0.4) is 0 Å². The smallest absolute Gasteiger partial charge is 0.305 e. The monoisotopic (exact) mass is 970 g/mol. The summed E-state index contributed by atoms with van der Waals surface area (Å²) in [6, 6.07) is -6.44. The number of aliphatic hydroxyl groups excluding tert-OH is 1. The molecule has 0 saturated carbocycles. The molecule has 25 heteroatoms. The molecule has 0 aromatic carbocycles. The Hall–Kier alpha value is -5.85. The Balaban J connectivity index is 3.54. The van der Waals surface area contributed by atoms with Gasteiger partial charge >= 0.3 is 5.97 Å². The van der Waals surface area contributed by atoms with Gasteiger partial charge in [-0.25, -0.2) is 0 Å². The number of aliphatic carboxylic acids is 1. The van der Waals surface area contributed by atoms with Crippen LogP contribution >= 0.6 is 12.2 Å². The molecule has 1 rings (SSSR count). The number of unbranched alkanes of at least 4 members (excludes halogenated alkanes) is 1. The summed E-state index contributed by atoms with van der Waals surface area (Å²) in [5, 5.41) is 43.8. The van der Waals surface area contributed by atoms with Crippen molar-refractivity contribution in [2.24, 2.45) is 22.2 Å². The number of carboxylic acid groups (broad SMARTS) is 1. The molecule has 0 radical (unpaired) electrons. The van der Waals surface area contributed by atoms with Crippen LogP contribution in [0.25, 0.3) is 0 Å². The quantitative estimate of drug-likeness (QED) is 0.0307. The van der Waals surface area contributed by atoms with Gasteiger partial charge in [0.25, 0.3) is 0 Å². The first kappa shape index (κ1) is 59.2. The predicted octanol–water partition coefficient (Wildman–Crippen LogP) is -2.61. The summed E-state index contributed by atoms with van der Waals surface area (Å²) in [6.07, 6.45) is 4.57. The summed E-state index contributed by atoms with van der Waals surface area (Å²) in [5.41, 5.74) is 16.4. The van der Waals surface area contributed by atoms with Gasteiger partial charge in [-0.1, -0.05) is 12.8 Å². The van der Waals surface area contributed by atoms with Gasteiger partial charge in [0, 0.05) is 52.5 Å². The number of carboxylic acids is 1. The minimum atomic E-state index is -1.50. The third kappa shape index (κ3) is 28.7. The van der Waals surface area contributed by atoms with Crippen molar-refractivity contribution in [3.8, 4) is 0 Å². The number of thiocarbonyl (C=S) groups is 1. The molecule has 24 nitrogen and oxygen atoms in total. The summed E-state index contributed by atoms with van der Waals surface area (Å²) >= 11 is 5.20. The number of aliphatic hydroxyl groups is 1. The van der Waals surface area contributed by atoms with E-state index in [-0.39, 0.29) is 87.5 Å². The van der Waals surface area contributed by atoms with E-state index in [1.165, 1.54) is 13.8 Å². The van der Waals surface area contributed by atoms with Crippen LogP contribution in [0.15, 0.2) is 4.99 Å². The molecule has 67 heavy (non-hydrogen) atoms. The van der Waals surface area contributed by atoms with Gasteiger partial charge in [0.2, 0.25) is 47.3 Å². The zero-order chi connectivity index (χ0) is 50.1. The molecule has 1 aliphatic heterocycles. The van der Waals surface area contributed by atoms with E-state index in [0.717, 1.165) is 12.8 Å². The van der Waals surface area contributed by atoms with Crippen LogP contribution in [0.2, 0.25) is 0 Å². The highest BCUT2D eigenvalue weighted by Gasteiger charge is 2.33. The second-order valence-corrected chi connectivity index (χ2v) is 16.9. The van der Waals surface area contributed by atoms with E-state index in [0.29, 0.717) is 70.9 Å². The highest BCUT2D eigenvalue weighted by Crippen LogP contribution is 2.11. The molecular weight excluding hydrogens is 895 g/mol. The van der Waals surface area contributed by atoms with Crippen LogP contribution in [0.1, 0.15) is 129 Å². The van der Waals surface area contributed by atoms with E-state index in [4.69, 9.17) is 34.5 Å². The molecule has 1 fully saturated rings. The Morgan fingerprint density at radius 1 is 0.746 bits per heavy atom. The molecular formula is C42H75N13O11S.